The van der Waals surface area contributed by atoms with Crippen LogP contribution in [0.5, 0.6) is 0 Å². The summed E-state index contributed by atoms with van der Waals surface area (Å²) in [5.41, 5.74) is 0.964. The number of aromatic nitrogens is 1. The summed E-state index contributed by atoms with van der Waals surface area (Å²) in [6.45, 7) is 9.24. The van der Waals surface area contributed by atoms with Gasteiger partial charge in [-0.1, -0.05) is 19.0 Å². The van der Waals surface area contributed by atoms with Gasteiger partial charge in [-0.25, -0.2) is 0 Å². The zero-order valence-electron chi connectivity index (χ0n) is 14.3. The van der Waals surface area contributed by atoms with Crippen LogP contribution in [0.2, 0.25) is 0 Å². The third kappa shape index (κ3) is 4.43. The molecule has 1 aromatic rings. The molecular formula is C17H24N2O4. The molecular weight excluding hydrogens is 296 g/mol. The van der Waals surface area contributed by atoms with Gasteiger partial charge in [-0.05, 0) is 39.5 Å². The number of allylic oxidation sites excluding steroid dienone is 2. The number of hydrogen-bond acceptors (Lipinski definition) is 6. The van der Waals surface area contributed by atoms with Crippen LogP contribution < -0.4 is 5.32 Å². The fourth-order valence-electron chi connectivity index (χ4n) is 2.56. The van der Waals surface area contributed by atoms with Gasteiger partial charge in [0.15, 0.2) is 5.78 Å². The first-order valence-electron chi connectivity index (χ1n) is 7.89. The summed E-state index contributed by atoms with van der Waals surface area (Å²) in [6, 6.07) is 1.80. The number of carbonyl (C=O) groups excluding carboxylic acids is 2. The molecule has 2 rings (SSSR count). The first-order chi connectivity index (χ1) is 10.7. The van der Waals surface area contributed by atoms with Crippen molar-refractivity contribution in [3.05, 3.63) is 23.5 Å². The van der Waals surface area contributed by atoms with E-state index in [2.05, 4.69) is 10.5 Å². The Kier molecular flexibility index (Phi) is 4.92. The number of aryl methyl sites for hydroxylation is 1. The molecule has 0 aliphatic heterocycles. The monoisotopic (exact) mass is 320 g/mol. The minimum atomic E-state index is -0.749. The molecule has 0 unspecified atom stereocenters. The zero-order chi connectivity index (χ0) is 17.2. The molecule has 0 bridgehead atoms. The quantitative estimate of drug-likeness (QED) is 0.678. The predicted octanol–water partition coefficient (Wildman–Crippen LogP) is 3.10. The molecule has 0 radical (unpaired) electrons. The summed E-state index contributed by atoms with van der Waals surface area (Å²) in [5.74, 6) is -1.09. The third-order valence-electron chi connectivity index (χ3n) is 3.60. The lowest BCUT2D eigenvalue weighted by atomic mass is 9.82. The minimum Gasteiger partial charge on any atom is -0.459 e. The molecule has 0 amide bonds. The number of hydrogen-bond donors (Lipinski definition) is 1. The molecule has 6 heteroatoms. The van der Waals surface area contributed by atoms with Crippen LogP contribution in [0.4, 0.5) is 5.88 Å². The molecule has 0 saturated carbocycles. The molecule has 1 aromatic heterocycles. The van der Waals surface area contributed by atoms with E-state index in [1.54, 1.807) is 26.8 Å². The van der Waals surface area contributed by atoms with Crippen molar-refractivity contribution in [2.75, 3.05) is 5.32 Å². The highest BCUT2D eigenvalue weighted by Crippen LogP contribution is 2.30. The predicted molar refractivity (Wildman–Crippen MR) is 85.7 cm³/mol. The van der Waals surface area contributed by atoms with Crippen LogP contribution in [-0.4, -0.2) is 22.5 Å². The highest BCUT2D eigenvalue weighted by atomic mass is 16.6. The number of ketones is 1. The maximum atomic E-state index is 12.3. The van der Waals surface area contributed by atoms with Crippen molar-refractivity contribution in [1.82, 2.24) is 5.16 Å². The summed E-state index contributed by atoms with van der Waals surface area (Å²) in [4.78, 5) is 24.6. The topological polar surface area (TPSA) is 81.4 Å². The van der Waals surface area contributed by atoms with Crippen LogP contribution in [0.15, 0.2) is 22.4 Å². The largest absolute Gasteiger partial charge is 0.459 e. The van der Waals surface area contributed by atoms with Gasteiger partial charge in [0.2, 0.25) is 5.88 Å². The molecule has 23 heavy (non-hydrogen) atoms. The first-order valence-corrected chi connectivity index (χ1v) is 7.89. The van der Waals surface area contributed by atoms with Crippen LogP contribution in [0.25, 0.3) is 0 Å². The van der Waals surface area contributed by atoms with Gasteiger partial charge in [0.25, 0.3) is 0 Å². The SMILES string of the molecule is CCc1cc(NC2=CC(=O)[C@@H](C(=O)OC(C)(C)C)[C@H](C)C2)on1. The summed E-state index contributed by atoms with van der Waals surface area (Å²) < 4.78 is 10.5. The fraction of sp³-hybridized carbons (Fsp3) is 0.588. The fourth-order valence-corrected chi connectivity index (χ4v) is 2.56. The smallest absolute Gasteiger partial charge is 0.317 e. The Labute approximate surface area is 136 Å². The van der Waals surface area contributed by atoms with Crippen molar-refractivity contribution in [2.45, 2.75) is 53.1 Å². The molecule has 1 N–H and O–H groups in total. The van der Waals surface area contributed by atoms with E-state index in [9.17, 15) is 9.59 Å². The first kappa shape index (κ1) is 17.2. The average Bonchev–Trinajstić information content (AvgIpc) is 2.83. The number of nitrogens with zero attached hydrogens (tertiary/aromatic N) is 1. The van der Waals surface area contributed by atoms with E-state index in [1.165, 1.54) is 6.08 Å². The second kappa shape index (κ2) is 6.56. The van der Waals surface area contributed by atoms with Gasteiger partial charge in [-0.3, -0.25) is 9.59 Å². The Hall–Kier alpha value is -2.11. The summed E-state index contributed by atoms with van der Waals surface area (Å²) >= 11 is 0. The van der Waals surface area contributed by atoms with Crippen molar-refractivity contribution >= 4 is 17.6 Å². The van der Waals surface area contributed by atoms with E-state index >= 15 is 0 Å². The van der Waals surface area contributed by atoms with E-state index in [0.717, 1.165) is 17.8 Å². The maximum absolute atomic E-state index is 12.3. The Bertz CT molecular complexity index is 625. The highest BCUT2D eigenvalue weighted by molar-refractivity contribution is 6.06. The van der Waals surface area contributed by atoms with Crippen LogP contribution in [-0.2, 0) is 20.7 Å². The average molecular weight is 320 g/mol. The molecule has 126 valence electrons. The van der Waals surface area contributed by atoms with Crippen LogP contribution in [0, 0.1) is 11.8 Å². The van der Waals surface area contributed by atoms with Gasteiger partial charge in [0, 0.05) is 17.8 Å². The van der Waals surface area contributed by atoms with Gasteiger partial charge in [-0.15, -0.1) is 0 Å². The van der Waals surface area contributed by atoms with E-state index < -0.39 is 17.5 Å². The number of anilines is 1. The third-order valence-corrected chi connectivity index (χ3v) is 3.60. The van der Waals surface area contributed by atoms with Gasteiger partial charge in [0.1, 0.15) is 11.5 Å². The van der Waals surface area contributed by atoms with Gasteiger partial charge < -0.3 is 14.6 Å². The Morgan fingerprint density at radius 2 is 2.17 bits per heavy atom. The second-order valence-corrected chi connectivity index (χ2v) is 6.93. The molecule has 6 nitrogen and oxygen atoms in total. The number of esters is 1. The lowest BCUT2D eigenvalue weighted by Crippen LogP contribution is -2.38. The van der Waals surface area contributed by atoms with Gasteiger partial charge in [0.05, 0.1) is 5.69 Å². The van der Waals surface area contributed by atoms with Crippen molar-refractivity contribution in [3.8, 4) is 0 Å². The molecule has 0 saturated heterocycles. The van der Waals surface area contributed by atoms with Gasteiger partial charge in [-0.2, -0.15) is 0 Å². The normalized spacial score (nSPS) is 21.8. The van der Waals surface area contributed by atoms with Crippen LogP contribution >= 0.6 is 0 Å². The summed E-state index contributed by atoms with van der Waals surface area (Å²) in [5, 5.41) is 6.96. The Morgan fingerprint density at radius 1 is 1.48 bits per heavy atom. The number of carbonyl (C=O) groups is 2. The zero-order valence-corrected chi connectivity index (χ0v) is 14.3. The van der Waals surface area contributed by atoms with Crippen molar-refractivity contribution in [2.24, 2.45) is 11.8 Å². The van der Waals surface area contributed by atoms with Crippen molar-refractivity contribution < 1.29 is 18.8 Å². The maximum Gasteiger partial charge on any atom is 0.317 e. The Balaban J connectivity index is 2.08. The Morgan fingerprint density at radius 3 is 2.70 bits per heavy atom. The molecule has 0 spiro atoms. The number of nitrogens with one attached hydrogen (secondary N) is 1. The summed E-state index contributed by atoms with van der Waals surface area (Å²) in [7, 11) is 0. The lowest BCUT2D eigenvalue weighted by Gasteiger charge is -2.29. The molecule has 1 aliphatic rings. The molecule has 1 heterocycles. The number of ether oxygens (including phenoxy) is 1. The van der Waals surface area contributed by atoms with Crippen LogP contribution in [0.3, 0.4) is 0 Å². The highest BCUT2D eigenvalue weighted by Gasteiger charge is 2.38. The molecule has 0 aromatic carbocycles. The molecule has 0 fully saturated rings. The minimum absolute atomic E-state index is 0.140. The number of rotatable bonds is 4. The van der Waals surface area contributed by atoms with E-state index in [0.29, 0.717) is 12.3 Å². The van der Waals surface area contributed by atoms with Crippen LogP contribution in [0.1, 0.15) is 46.7 Å². The van der Waals surface area contributed by atoms with E-state index in [1.807, 2.05) is 13.8 Å². The van der Waals surface area contributed by atoms with Crippen molar-refractivity contribution in [1.29, 1.82) is 0 Å². The van der Waals surface area contributed by atoms with Crippen molar-refractivity contribution in [3.63, 3.8) is 0 Å². The molecule has 1 aliphatic carbocycles. The lowest BCUT2D eigenvalue weighted by molar-refractivity contribution is -0.163. The second-order valence-electron chi connectivity index (χ2n) is 6.93. The van der Waals surface area contributed by atoms with E-state index in [4.69, 9.17) is 9.26 Å². The molecule has 2 atom stereocenters. The summed E-state index contributed by atoms with van der Waals surface area (Å²) in [6.07, 6.45) is 2.81. The van der Waals surface area contributed by atoms with E-state index in [-0.39, 0.29) is 11.7 Å². The van der Waals surface area contributed by atoms with Gasteiger partial charge >= 0.3 is 5.97 Å². The standard InChI is InChI=1S/C17H24N2O4/c1-6-11-9-14(23-19-11)18-12-7-10(2)15(13(20)8-12)16(21)22-17(3,4)5/h8-10,15,18H,6-7H2,1-5H3/t10-,15+/m1/s1.